The summed E-state index contributed by atoms with van der Waals surface area (Å²) in [7, 11) is 1.31. The molecule has 1 N–H and O–H groups in total. The second-order valence-corrected chi connectivity index (χ2v) is 3.31. The maximum absolute atomic E-state index is 11.9. The highest BCUT2D eigenvalue weighted by Crippen LogP contribution is 2.26. The zero-order valence-electron chi connectivity index (χ0n) is 8.17. The van der Waals surface area contributed by atoms with Crippen LogP contribution in [0.5, 0.6) is 0 Å². The smallest absolute Gasteiger partial charge is 0.317 e. The van der Waals surface area contributed by atoms with Gasteiger partial charge in [-0.15, -0.1) is 0 Å². The molecule has 0 aromatic heterocycles. The lowest BCUT2D eigenvalue weighted by Crippen LogP contribution is -2.31. The van der Waals surface area contributed by atoms with Gasteiger partial charge in [0.2, 0.25) is 0 Å². The summed E-state index contributed by atoms with van der Waals surface area (Å²) in [5.74, 6) is 0. The molecule has 1 unspecified atom stereocenters. The molecule has 0 saturated carbocycles. The minimum absolute atomic E-state index is 0.129. The molecule has 0 heterocycles. The van der Waals surface area contributed by atoms with E-state index in [0.29, 0.717) is 0 Å². The molecule has 0 radical (unpaired) electrons. The van der Waals surface area contributed by atoms with Gasteiger partial charge >= 0.3 is 12.4 Å². The number of hydrogen-bond acceptors (Lipinski definition) is 1. The van der Waals surface area contributed by atoms with Crippen LogP contribution < -0.4 is 5.32 Å². The Balaban J connectivity index is 3.82. The van der Waals surface area contributed by atoms with E-state index in [-0.39, 0.29) is 12.8 Å². The topological polar surface area (TPSA) is 12.0 Å². The summed E-state index contributed by atoms with van der Waals surface area (Å²) in [6.07, 6.45) is -11.2. The van der Waals surface area contributed by atoms with Crippen LogP contribution >= 0.6 is 0 Å². The number of hydrogen-bond donors (Lipinski definition) is 1. The van der Waals surface area contributed by atoms with Crippen molar-refractivity contribution in [3.8, 4) is 0 Å². The van der Waals surface area contributed by atoms with Crippen molar-refractivity contribution in [2.24, 2.45) is 0 Å². The molecule has 92 valence electrons. The maximum Gasteiger partial charge on any atom is 0.390 e. The van der Waals surface area contributed by atoms with Gasteiger partial charge in [-0.2, -0.15) is 26.3 Å². The van der Waals surface area contributed by atoms with Crippen molar-refractivity contribution in [1.29, 1.82) is 0 Å². The van der Waals surface area contributed by atoms with E-state index >= 15 is 0 Å². The molecule has 0 bridgehead atoms. The van der Waals surface area contributed by atoms with Gasteiger partial charge in [-0.3, -0.25) is 0 Å². The SMILES string of the molecule is CNC(CCCC(F)(F)F)CC(F)(F)F. The van der Waals surface area contributed by atoms with Crippen molar-refractivity contribution in [3.63, 3.8) is 0 Å². The van der Waals surface area contributed by atoms with Gasteiger partial charge in [-0.25, -0.2) is 0 Å². The lowest BCUT2D eigenvalue weighted by atomic mass is 10.1. The first-order valence-electron chi connectivity index (χ1n) is 4.45. The fourth-order valence-corrected chi connectivity index (χ4v) is 1.18. The minimum atomic E-state index is -4.34. The highest BCUT2D eigenvalue weighted by atomic mass is 19.4. The highest BCUT2D eigenvalue weighted by Gasteiger charge is 2.32. The van der Waals surface area contributed by atoms with Gasteiger partial charge in [0.1, 0.15) is 0 Å². The van der Waals surface area contributed by atoms with E-state index in [1.807, 2.05) is 0 Å². The molecular formula is C8H13F6N. The first-order valence-corrected chi connectivity index (χ1v) is 4.45. The molecule has 0 spiro atoms. The second kappa shape index (κ2) is 5.58. The quantitative estimate of drug-likeness (QED) is 0.723. The van der Waals surface area contributed by atoms with Crippen molar-refractivity contribution in [2.45, 2.75) is 44.1 Å². The summed E-state index contributed by atoms with van der Waals surface area (Å²) in [5, 5.41) is 2.36. The molecule has 0 aliphatic carbocycles. The molecule has 0 aliphatic rings. The maximum atomic E-state index is 11.9. The molecule has 15 heavy (non-hydrogen) atoms. The average molecular weight is 237 g/mol. The first-order chi connectivity index (χ1) is 6.64. The Morgan fingerprint density at radius 1 is 1.00 bits per heavy atom. The van der Waals surface area contributed by atoms with Gasteiger partial charge in [0.25, 0.3) is 0 Å². The lowest BCUT2D eigenvalue weighted by Gasteiger charge is -2.18. The third-order valence-electron chi connectivity index (χ3n) is 1.90. The summed E-state index contributed by atoms with van der Waals surface area (Å²) in [5.41, 5.74) is 0. The van der Waals surface area contributed by atoms with E-state index in [0.717, 1.165) is 0 Å². The van der Waals surface area contributed by atoms with Crippen LogP contribution in [0.25, 0.3) is 0 Å². The molecule has 7 heteroatoms. The van der Waals surface area contributed by atoms with Crippen molar-refractivity contribution in [1.82, 2.24) is 5.32 Å². The summed E-state index contributed by atoms with van der Waals surface area (Å²) < 4.78 is 70.8. The molecule has 0 fully saturated rings. The monoisotopic (exact) mass is 237 g/mol. The zero-order valence-corrected chi connectivity index (χ0v) is 8.17. The van der Waals surface area contributed by atoms with E-state index in [1.165, 1.54) is 7.05 Å². The van der Waals surface area contributed by atoms with Crippen molar-refractivity contribution in [2.75, 3.05) is 7.05 Å². The molecule has 0 aliphatic heterocycles. The predicted octanol–water partition coefficient (Wildman–Crippen LogP) is 3.26. The Morgan fingerprint density at radius 2 is 1.53 bits per heavy atom. The molecule has 0 amide bonds. The van der Waals surface area contributed by atoms with Crippen molar-refractivity contribution >= 4 is 0 Å². The first kappa shape index (κ1) is 14.5. The Hall–Kier alpha value is -0.460. The molecule has 1 nitrogen and oxygen atoms in total. The van der Waals surface area contributed by atoms with Crippen LogP contribution in [0.1, 0.15) is 25.7 Å². The minimum Gasteiger partial charge on any atom is -0.317 e. The standard InChI is InChI=1S/C8H13F6N/c1-15-6(5-8(12,13)14)3-2-4-7(9,10)11/h6,15H,2-5H2,1H3. The lowest BCUT2D eigenvalue weighted by molar-refractivity contribution is -0.143. The van der Waals surface area contributed by atoms with Gasteiger partial charge in [0, 0.05) is 12.5 Å². The summed E-state index contributed by atoms with van der Waals surface area (Å²) in [6.45, 7) is 0. The van der Waals surface area contributed by atoms with Gasteiger partial charge in [-0.05, 0) is 19.9 Å². The van der Waals surface area contributed by atoms with E-state index in [1.54, 1.807) is 0 Å². The Bertz CT molecular complexity index is 173. The van der Waals surface area contributed by atoms with Gasteiger partial charge < -0.3 is 5.32 Å². The van der Waals surface area contributed by atoms with Crippen molar-refractivity contribution < 1.29 is 26.3 Å². The normalized spacial score (nSPS) is 15.4. The van der Waals surface area contributed by atoms with E-state index in [4.69, 9.17) is 0 Å². The van der Waals surface area contributed by atoms with E-state index in [9.17, 15) is 26.3 Å². The molecule has 0 aromatic rings. The van der Waals surface area contributed by atoms with Crippen LogP contribution in [0, 0.1) is 0 Å². The highest BCUT2D eigenvalue weighted by molar-refractivity contribution is 4.69. The molecule has 0 saturated heterocycles. The van der Waals surface area contributed by atoms with Gasteiger partial charge in [0.05, 0.1) is 6.42 Å². The average Bonchev–Trinajstić information content (AvgIpc) is 1.97. The second-order valence-electron chi connectivity index (χ2n) is 3.31. The molecule has 1 atom stereocenters. The van der Waals surface area contributed by atoms with Crippen LogP contribution in [-0.2, 0) is 0 Å². The van der Waals surface area contributed by atoms with Crippen LogP contribution in [0.3, 0.4) is 0 Å². The van der Waals surface area contributed by atoms with Crippen LogP contribution in [0.15, 0.2) is 0 Å². The third-order valence-corrected chi connectivity index (χ3v) is 1.90. The number of halogens is 6. The Kier molecular flexibility index (Phi) is 5.41. The van der Waals surface area contributed by atoms with Crippen LogP contribution in [0.2, 0.25) is 0 Å². The van der Waals surface area contributed by atoms with E-state index < -0.39 is 31.2 Å². The Labute approximate surface area is 83.8 Å². The Morgan fingerprint density at radius 3 is 1.87 bits per heavy atom. The number of nitrogens with one attached hydrogen (secondary N) is 1. The van der Waals surface area contributed by atoms with Gasteiger partial charge in [-0.1, -0.05) is 0 Å². The fraction of sp³-hybridized carbons (Fsp3) is 1.00. The van der Waals surface area contributed by atoms with Crippen LogP contribution in [-0.4, -0.2) is 25.4 Å². The third kappa shape index (κ3) is 9.84. The van der Waals surface area contributed by atoms with E-state index in [2.05, 4.69) is 5.32 Å². The molecule has 0 aromatic carbocycles. The number of alkyl halides is 6. The van der Waals surface area contributed by atoms with Crippen molar-refractivity contribution in [3.05, 3.63) is 0 Å². The summed E-state index contributed by atoms with van der Waals surface area (Å²) in [6, 6.07) is -0.938. The fourth-order valence-electron chi connectivity index (χ4n) is 1.18. The predicted molar refractivity (Wildman–Crippen MR) is 43.4 cm³/mol. The molecule has 0 rings (SSSR count). The largest absolute Gasteiger partial charge is 0.390 e. The summed E-state index contributed by atoms with van der Waals surface area (Å²) in [4.78, 5) is 0. The summed E-state index contributed by atoms with van der Waals surface area (Å²) >= 11 is 0. The van der Waals surface area contributed by atoms with Crippen LogP contribution in [0.4, 0.5) is 26.3 Å². The number of rotatable bonds is 5. The zero-order chi connectivity index (χ0) is 12.1. The molecular weight excluding hydrogens is 224 g/mol. The van der Waals surface area contributed by atoms with Gasteiger partial charge in [0.15, 0.2) is 0 Å².